The number of hydrogen-bond donors (Lipinski definition) is 3. The zero-order valence-corrected chi connectivity index (χ0v) is 7.67. The third kappa shape index (κ3) is 5.49. The molecule has 0 aliphatic carbocycles. The summed E-state index contributed by atoms with van der Waals surface area (Å²) in [5.74, 6) is 2.47. The second kappa shape index (κ2) is 6.91. The molecule has 0 saturated carbocycles. The lowest BCUT2D eigenvalue weighted by atomic mass is 10.4. The first-order chi connectivity index (χ1) is 5.50. The third-order valence-electron chi connectivity index (χ3n) is 1.58. The first-order valence-corrected chi connectivity index (χ1v) is 5.35. The number of piperazine rings is 1. The highest BCUT2D eigenvalue weighted by molar-refractivity contribution is 7.99. The quantitative estimate of drug-likeness (QED) is 0.462. The van der Waals surface area contributed by atoms with E-state index in [0.29, 0.717) is 0 Å². The minimum Gasteiger partial charge on any atom is -0.314 e. The fraction of sp³-hybridized carbons (Fsp3) is 1.00. The smallest absolute Gasteiger partial charge is 0.0418 e. The number of thioether (sulfide) groups is 1. The van der Waals surface area contributed by atoms with Crippen molar-refractivity contribution in [3.8, 4) is 0 Å². The summed E-state index contributed by atoms with van der Waals surface area (Å²) in [6, 6.07) is 0. The van der Waals surface area contributed by atoms with Crippen LogP contribution in [-0.2, 0) is 0 Å². The molecule has 3 N–H and O–H groups in total. The van der Waals surface area contributed by atoms with Crippen molar-refractivity contribution in [1.29, 1.82) is 0 Å². The summed E-state index contributed by atoms with van der Waals surface area (Å²) < 4.78 is 0. The molecule has 0 aromatic rings. The van der Waals surface area contributed by atoms with Crippen molar-refractivity contribution in [1.82, 2.24) is 16.0 Å². The van der Waals surface area contributed by atoms with E-state index in [1.165, 1.54) is 18.2 Å². The van der Waals surface area contributed by atoms with E-state index >= 15 is 0 Å². The maximum Gasteiger partial charge on any atom is 0.0418 e. The van der Waals surface area contributed by atoms with Crippen LogP contribution in [-0.4, -0.2) is 44.4 Å². The van der Waals surface area contributed by atoms with Gasteiger partial charge >= 0.3 is 0 Å². The minimum absolute atomic E-state index is 1.14. The van der Waals surface area contributed by atoms with Crippen molar-refractivity contribution in [3.05, 3.63) is 0 Å². The van der Waals surface area contributed by atoms with E-state index in [4.69, 9.17) is 0 Å². The molecule has 2 aliphatic heterocycles. The molecule has 0 unspecified atom stereocenters. The van der Waals surface area contributed by atoms with Gasteiger partial charge in [-0.1, -0.05) is 0 Å². The van der Waals surface area contributed by atoms with Crippen LogP contribution in [0.4, 0.5) is 0 Å². The predicted molar refractivity (Wildman–Crippen MR) is 51.1 cm³/mol. The third-order valence-corrected chi connectivity index (χ3v) is 2.49. The first-order valence-electron chi connectivity index (χ1n) is 4.20. The van der Waals surface area contributed by atoms with E-state index < -0.39 is 0 Å². The van der Waals surface area contributed by atoms with Crippen molar-refractivity contribution in [2.45, 2.75) is 0 Å². The molecule has 2 fully saturated rings. The Morgan fingerprint density at radius 3 is 1.55 bits per heavy atom. The second-order valence-corrected chi connectivity index (χ2v) is 3.66. The highest BCUT2D eigenvalue weighted by atomic mass is 32.2. The summed E-state index contributed by atoms with van der Waals surface area (Å²) in [5.41, 5.74) is 0. The molecule has 0 spiro atoms. The lowest BCUT2D eigenvalue weighted by Gasteiger charge is -2.11. The predicted octanol–water partition coefficient (Wildman–Crippen LogP) is -0.540. The maximum atomic E-state index is 3.22. The summed E-state index contributed by atoms with van der Waals surface area (Å²) >= 11 is 1.96. The topological polar surface area (TPSA) is 36.1 Å². The van der Waals surface area contributed by atoms with Crippen LogP contribution >= 0.6 is 11.8 Å². The van der Waals surface area contributed by atoms with E-state index in [1.807, 2.05) is 11.8 Å². The molecule has 2 aliphatic rings. The van der Waals surface area contributed by atoms with Crippen molar-refractivity contribution < 1.29 is 0 Å². The maximum absolute atomic E-state index is 3.22. The van der Waals surface area contributed by atoms with Gasteiger partial charge in [0.05, 0.1) is 0 Å². The van der Waals surface area contributed by atoms with Gasteiger partial charge in [0.25, 0.3) is 0 Å². The fourth-order valence-electron chi connectivity index (χ4n) is 0.964. The molecule has 2 rings (SSSR count). The summed E-state index contributed by atoms with van der Waals surface area (Å²) in [6.45, 7) is 5.77. The molecule has 66 valence electrons. The molecule has 0 aromatic carbocycles. The highest BCUT2D eigenvalue weighted by Gasteiger charge is 1.93. The molecule has 0 bridgehead atoms. The Morgan fingerprint density at radius 1 is 0.727 bits per heavy atom. The van der Waals surface area contributed by atoms with Gasteiger partial charge in [-0.05, 0) is 0 Å². The Hall–Kier alpha value is 0.230. The monoisotopic (exact) mass is 175 g/mol. The summed E-state index contributed by atoms with van der Waals surface area (Å²) in [6.07, 6.45) is 0. The lowest BCUT2D eigenvalue weighted by Crippen LogP contribution is -2.39. The summed E-state index contributed by atoms with van der Waals surface area (Å²) in [4.78, 5) is 0. The Labute approximate surface area is 72.7 Å². The van der Waals surface area contributed by atoms with Gasteiger partial charge in [0.2, 0.25) is 0 Å². The van der Waals surface area contributed by atoms with Crippen LogP contribution in [0.2, 0.25) is 0 Å². The van der Waals surface area contributed by atoms with Gasteiger partial charge in [0, 0.05) is 44.4 Å². The molecule has 4 heteroatoms. The number of hydrogen-bond acceptors (Lipinski definition) is 4. The van der Waals surface area contributed by atoms with Crippen LogP contribution in [0, 0.1) is 0 Å². The SMILES string of the molecule is C1CNCCN1.C1CSCN1. The van der Waals surface area contributed by atoms with E-state index in [-0.39, 0.29) is 0 Å². The molecule has 0 aromatic heterocycles. The van der Waals surface area contributed by atoms with Gasteiger partial charge < -0.3 is 16.0 Å². The Morgan fingerprint density at radius 2 is 1.36 bits per heavy atom. The molecular weight excluding hydrogens is 158 g/mol. The van der Waals surface area contributed by atoms with Gasteiger partial charge in [-0.2, -0.15) is 0 Å². The molecular formula is C7H17N3S. The average Bonchev–Trinajstić information content (AvgIpc) is 2.64. The minimum atomic E-state index is 1.14. The summed E-state index contributed by atoms with van der Waals surface area (Å²) in [5, 5.41) is 9.63. The van der Waals surface area contributed by atoms with Crippen LogP contribution in [0.15, 0.2) is 0 Å². The van der Waals surface area contributed by atoms with Gasteiger partial charge in [-0.15, -0.1) is 11.8 Å². The van der Waals surface area contributed by atoms with Gasteiger partial charge in [0.15, 0.2) is 0 Å². The van der Waals surface area contributed by atoms with Crippen molar-refractivity contribution in [3.63, 3.8) is 0 Å². The van der Waals surface area contributed by atoms with E-state index in [0.717, 1.165) is 26.2 Å². The molecule has 0 radical (unpaired) electrons. The van der Waals surface area contributed by atoms with Crippen LogP contribution in [0.5, 0.6) is 0 Å². The van der Waals surface area contributed by atoms with Crippen molar-refractivity contribution in [2.75, 3.05) is 44.4 Å². The van der Waals surface area contributed by atoms with Crippen LogP contribution in [0.1, 0.15) is 0 Å². The molecule has 0 amide bonds. The normalized spacial score (nSPS) is 24.0. The van der Waals surface area contributed by atoms with Crippen LogP contribution < -0.4 is 16.0 Å². The molecule has 3 nitrogen and oxygen atoms in total. The summed E-state index contributed by atoms with van der Waals surface area (Å²) in [7, 11) is 0. The zero-order valence-electron chi connectivity index (χ0n) is 6.86. The zero-order chi connectivity index (χ0) is 7.78. The van der Waals surface area contributed by atoms with Crippen LogP contribution in [0.3, 0.4) is 0 Å². The largest absolute Gasteiger partial charge is 0.314 e. The molecule has 2 heterocycles. The van der Waals surface area contributed by atoms with Gasteiger partial charge in [-0.3, -0.25) is 0 Å². The molecule has 11 heavy (non-hydrogen) atoms. The molecule has 0 atom stereocenters. The average molecular weight is 175 g/mol. The van der Waals surface area contributed by atoms with Gasteiger partial charge in [-0.25, -0.2) is 0 Å². The second-order valence-electron chi connectivity index (χ2n) is 2.55. The Kier molecular flexibility index (Phi) is 5.85. The number of nitrogens with one attached hydrogen (secondary N) is 3. The fourth-order valence-corrected chi connectivity index (χ4v) is 1.69. The van der Waals surface area contributed by atoms with E-state index in [9.17, 15) is 0 Å². The van der Waals surface area contributed by atoms with Crippen LogP contribution in [0.25, 0.3) is 0 Å². The molecule has 2 saturated heterocycles. The number of rotatable bonds is 0. The highest BCUT2D eigenvalue weighted by Crippen LogP contribution is 1.99. The van der Waals surface area contributed by atoms with E-state index in [1.54, 1.807) is 0 Å². The van der Waals surface area contributed by atoms with Gasteiger partial charge in [0.1, 0.15) is 0 Å². The van der Waals surface area contributed by atoms with Crippen molar-refractivity contribution in [2.24, 2.45) is 0 Å². The Balaban J connectivity index is 0.000000112. The van der Waals surface area contributed by atoms with Crippen molar-refractivity contribution >= 4 is 11.8 Å². The first kappa shape index (κ1) is 9.32. The standard InChI is InChI=1S/C4H10N2.C3H7NS/c1-2-6-4-3-5-1;1-2-5-3-4-1/h5-6H,1-4H2;4H,1-3H2. The Bertz CT molecular complexity index is 62.6. The lowest BCUT2D eigenvalue weighted by molar-refractivity contribution is 0.534. The van der Waals surface area contributed by atoms with E-state index in [2.05, 4.69) is 16.0 Å².